The molecule has 5 nitrogen and oxygen atoms in total. The smallest absolute Gasteiger partial charge is 0.252 e. The van der Waals surface area contributed by atoms with Gasteiger partial charge in [0.05, 0.1) is 23.2 Å². The zero-order valence-electron chi connectivity index (χ0n) is 15.7. The maximum Gasteiger partial charge on any atom is 0.252 e. The molecule has 0 spiro atoms. The highest BCUT2D eigenvalue weighted by Gasteiger charge is 2.35. The van der Waals surface area contributed by atoms with Crippen molar-refractivity contribution in [3.8, 4) is 0 Å². The lowest BCUT2D eigenvalue weighted by Crippen LogP contribution is -2.43. The van der Waals surface area contributed by atoms with Gasteiger partial charge in [0.2, 0.25) is 0 Å². The van der Waals surface area contributed by atoms with Crippen LogP contribution in [0.15, 0.2) is 24.3 Å². The van der Waals surface area contributed by atoms with Gasteiger partial charge in [0.15, 0.2) is 0 Å². The van der Waals surface area contributed by atoms with Gasteiger partial charge in [0.25, 0.3) is 5.91 Å². The summed E-state index contributed by atoms with van der Waals surface area (Å²) in [5.74, 6) is -0.0567. The molecule has 25 heavy (non-hydrogen) atoms. The molecule has 2 atom stereocenters. The van der Waals surface area contributed by atoms with Crippen molar-refractivity contribution in [3.63, 3.8) is 0 Å². The summed E-state index contributed by atoms with van der Waals surface area (Å²) in [5.41, 5.74) is 3.51. The van der Waals surface area contributed by atoms with Gasteiger partial charge in [-0.05, 0) is 45.9 Å². The van der Waals surface area contributed by atoms with Crippen LogP contribution >= 0.6 is 0 Å². The van der Waals surface area contributed by atoms with Crippen molar-refractivity contribution in [1.82, 2.24) is 15.2 Å². The van der Waals surface area contributed by atoms with Gasteiger partial charge in [-0.3, -0.25) is 14.7 Å². The van der Waals surface area contributed by atoms with E-state index in [1.54, 1.807) is 7.11 Å². The quantitative estimate of drug-likeness (QED) is 0.929. The predicted octanol–water partition coefficient (Wildman–Crippen LogP) is 2.69. The molecule has 134 valence electrons. The summed E-state index contributed by atoms with van der Waals surface area (Å²) in [6.07, 6.45) is 0.0160. The van der Waals surface area contributed by atoms with Crippen LogP contribution in [0.2, 0.25) is 0 Å². The molecule has 0 aliphatic carbocycles. The Balaban J connectivity index is 1.88. The molecule has 2 heterocycles. The minimum absolute atomic E-state index is 0.00627. The van der Waals surface area contributed by atoms with Crippen molar-refractivity contribution >= 4 is 16.8 Å². The fourth-order valence-electron chi connectivity index (χ4n) is 3.51. The second-order valence-electron chi connectivity index (χ2n) is 7.23. The number of nitrogens with one attached hydrogen (secondary N) is 1. The number of benzene rings is 1. The highest BCUT2D eigenvalue weighted by molar-refractivity contribution is 6.06. The molecule has 0 saturated carbocycles. The maximum atomic E-state index is 13.0. The average Bonchev–Trinajstić information content (AvgIpc) is 2.97. The minimum Gasteiger partial charge on any atom is -0.378 e. The van der Waals surface area contributed by atoms with E-state index in [1.807, 2.05) is 38.1 Å². The largest absolute Gasteiger partial charge is 0.378 e. The first-order valence-corrected chi connectivity index (χ1v) is 8.84. The second-order valence-corrected chi connectivity index (χ2v) is 7.23. The molecular formula is C20H27N3O2. The third-order valence-electron chi connectivity index (χ3n) is 4.98. The molecule has 1 saturated heterocycles. The van der Waals surface area contributed by atoms with Gasteiger partial charge in [0, 0.05) is 37.3 Å². The molecule has 1 aliphatic heterocycles. The Morgan fingerprint density at radius 2 is 2.04 bits per heavy atom. The fraction of sp³-hybridized carbons (Fsp3) is 0.500. The Morgan fingerprint density at radius 3 is 2.72 bits per heavy atom. The highest BCUT2D eigenvalue weighted by Crippen LogP contribution is 2.21. The summed E-state index contributed by atoms with van der Waals surface area (Å²) in [5, 5.41) is 4.09. The minimum atomic E-state index is -0.0567. The first-order chi connectivity index (χ1) is 11.9. The molecule has 5 heteroatoms. The second kappa shape index (κ2) is 7.10. The lowest BCUT2D eigenvalue weighted by molar-refractivity contribution is 0.0754. The number of aryl methyl sites for hydroxylation is 2. The van der Waals surface area contributed by atoms with Crippen LogP contribution in [0, 0.1) is 13.8 Å². The van der Waals surface area contributed by atoms with Crippen LogP contribution in [0.5, 0.6) is 0 Å². The SMILES string of the molecule is CO[C@@H]1CN(C(C)C)C[C@H]1NC(=O)c1cc(C)nc2ccc(C)cc12. The standard InChI is InChI=1S/C20H27N3O2/c1-12(2)23-10-18(19(11-23)25-5)22-20(24)16-9-14(4)21-17-7-6-13(3)8-15(16)17/h6-9,12,18-19H,10-11H2,1-5H3,(H,22,24)/t18-,19-/m1/s1. The number of fused-ring (bicyclic) bond motifs is 1. The molecule has 0 bridgehead atoms. The van der Waals surface area contributed by atoms with E-state index < -0.39 is 0 Å². The summed E-state index contributed by atoms with van der Waals surface area (Å²) in [7, 11) is 1.71. The normalized spacial score (nSPS) is 21.2. The van der Waals surface area contributed by atoms with E-state index in [1.165, 1.54) is 0 Å². The lowest BCUT2D eigenvalue weighted by Gasteiger charge is -2.20. The van der Waals surface area contributed by atoms with E-state index in [9.17, 15) is 4.79 Å². The van der Waals surface area contributed by atoms with E-state index in [0.29, 0.717) is 11.6 Å². The molecule has 1 aliphatic rings. The molecule has 0 radical (unpaired) electrons. The van der Waals surface area contributed by atoms with E-state index in [2.05, 4.69) is 29.0 Å². The van der Waals surface area contributed by atoms with Gasteiger partial charge in [-0.1, -0.05) is 11.6 Å². The van der Waals surface area contributed by atoms with Crippen molar-refractivity contribution in [2.45, 2.75) is 45.9 Å². The topological polar surface area (TPSA) is 54.5 Å². The van der Waals surface area contributed by atoms with Crippen LogP contribution in [0.4, 0.5) is 0 Å². The number of methoxy groups -OCH3 is 1. The summed E-state index contributed by atoms with van der Waals surface area (Å²) >= 11 is 0. The molecule has 0 unspecified atom stereocenters. The molecular weight excluding hydrogens is 314 g/mol. The number of ether oxygens (including phenoxy) is 1. The Hall–Kier alpha value is -1.98. The van der Waals surface area contributed by atoms with Crippen LogP contribution in [0.3, 0.4) is 0 Å². The zero-order valence-corrected chi connectivity index (χ0v) is 15.7. The van der Waals surface area contributed by atoms with Gasteiger partial charge in [0.1, 0.15) is 0 Å². The summed E-state index contributed by atoms with van der Waals surface area (Å²) in [6.45, 7) is 9.93. The van der Waals surface area contributed by atoms with E-state index >= 15 is 0 Å². The fourth-order valence-corrected chi connectivity index (χ4v) is 3.51. The maximum absolute atomic E-state index is 13.0. The Bertz CT molecular complexity index is 788. The molecule has 2 aromatic rings. The number of nitrogens with zero attached hydrogens (tertiary/aromatic N) is 2. The van der Waals surface area contributed by atoms with Gasteiger partial charge in [-0.15, -0.1) is 0 Å². The Morgan fingerprint density at radius 1 is 1.28 bits per heavy atom. The van der Waals surface area contributed by atoms with E-state index in [0.717, 1.165) is 35.2 Å². The number of carbonyl (C=O) groups is 1. The first kappa shape index (κ1) is 17.8. The summed E-state index contributed by atoms with van der Waals surface area (Å²) < 4.78 is 5.60. The summed E-state index contributed by atoms with van der Waals surface area (Å²) in [4.78, 5) is 19.9. The number of amides is 1. The molecule has 3 rings (SSSR count). The van der Waals surface area contributed by atoms with Crippen molar-refractivity contribution in [2.75, 3.05) is 20.2 Å². The van der Waals surface area contributed by atoms with Crippen LogP contribution in [-0.4, -0.2) is 54.2 Å². The number of carbonyl (C=O) groups excluding carboxylic acids is 1. The number of aromatic nitrogens is 1. The Labute approximate surface area is 149 Å². The number of hydrogen-bond acceptors (Lipinski definition) is 4. The van der Waals surface area contributed by atoms with Crippen molar-refractivity contribution < 1.29 is 9.53 Å². The van der Waals surface area contributed by atoms with Crippen molar-refractivity contribution in [2.24, 2.45) is 0 Å². The highest BCUT2D eigenvalue weighted by atomic mass is 16.5. The van der Waals surface area contributed by atoms with Crippen LogP contribution < -0.4 is 5.32 Å². The van der Waals surface area contributed by atoms with Crippen LogP contribution in [0.1, 0.15) is 35.5 Å². The Kier molecular flexibility index (Phi) is 5.06. The summed E-state index contributed by atoms with van der Waals surface area (Å²) in [6, 6.07) is 8.32. The number of likely N-dealkylation sites (tertiary alicyclic amines) is 1. The number of pyridine rings is 1. The average molecular weight is 341 g/mol. The van der Waals surface area contributed by atoms with Gasteiger partial charge < -0.3 is 10.1 Å². The predicted molar refractivity (Wildman–Crippen MR) is 100.0 cm³/mol. The third-order valence-corrected chi connectivity index (χ3v) is 4.98. The van der Waals surface area contributed by atoms with E-state index in [4.69, 9.17) is 4.74 Å². The molecule has 1 amide bonds. The van der Waals surface area contributed by atoms with Crippen LogP contribution in [-0.2, 0) is 4.74 Å². The third kappa shape index (κ3) is 3.67. The van der Waals surface area contributed by atoms with E-state index in [-0.39, 0.29) is 18.1 Å². The van der Waals surface area contributed by atoms with Crippen molar-refractivity contribution in [3.05, 3.63) is 41.1 Å². The lowest BCUT2D eigenvalue weighted by atomic mass is 10.0. The zero-order chi connectivity index (χ0) is 18.1. The molecule has 1 N–H and O–H groups in total. The van der Waals surface area contributed by atoms with Crippen LogP contribution in [0.25, 0.3) is 10.9 Å². The monoisotopic (exact) mass is 341 g/mol. The number of hydrogen-bond donors (Lipinski definition) is 1. The van der Waals surface area contributed by atoms with Crippen molar-refractivity contribution in [1.29, 1.82) is 0 Å². The number of rotatable bonds is 4. The first-order valence-electron chi connectivity index (χ1n) is 8.84. The van der Waals surface area contributed by atoms with Gasteiger partial charge >= 0.3 is 0 Å². The molecule has 1 fully saturated rings. The van der Waals surface area contributed by atoms with Gasteiger partial charge in [-0.2, -0.15) is 0 Å². The molecule has 1 aromatic heterocycles. The molecule has 1 aromatic carbocycles. The van der Waals surface area contributed by atoms with Gasteiger partial charge in [-0.25, -0.2) is 0 Å².